The van der Waals surface area contributed by atoms with Crippen LogP contribution < -0.4 is 0 Å². The molecule has 0 N–H and O–H groups in total. The van der Waals surface area contributed by atoms with Crippen molar-refractivity contribution in [3.63, 3.8) is 0 Å². The van der Waals surface area contributed by atoms with Crippen LogP contribution in [0, 0.1) is 34.5 Å². The van der Waals surface area contributed by atoms with Crippen molar-refractivity contribution in [2.24, 2.45) is 34.5 Å². The Hall–Kier alpha value is -0.340. The minimum Gasteiger partial charge on any atom is -0.381 e. The van der Waals surface area contributed by atoms with Gasteiger partial charge in [-0.3, -0.25) is 0 Å². The molecular formula is C23H37NO. The standard InChI is InChI=1S/C23H37NO/c1-15-19-7-8-21-18-6-5-16-13-17(25-4)9-11-22(16,2)20(18)10-12-23(19,21)14-24(15)3/h5,15,17-21H,6-14H2,1-4H3/t15-,17-,18+,19+,20-,21-,22-,23-/m0/s1. The lowest BCUT2D eigenvalue weighted by Gasteiger charge is -2.58. The van der Waals surface area contributed by atoms with Crippen molar-refractivity contribution >= 4 is 0 Å². The second kappa shape index (κ2) is 5.58. The number of fused-ring (bicyclic) bond motifs is 4. The number of likely N-dealkylation sites (tertiary alicyclic amines) is 1. The second-order valence-corrected chi connectivity index (χ2v) is 10.5. The molecule has 0 bridgehead atoms. The van der Waals surface area contributed by atoms with Crippen LogP contribution in [0.25, 0.3) is 0 Å². The summed E-state index contributed by atoms with van der Waals surface area (Å²) in [5.41, 5.74) is 2.91. The van der Waals surface area contributed by atoms with Crippen LogP contribution in [0.5, 0.6) is 0 Å². The molecular weight excluding hydrogens is 306 g/mol. The summed E-state index contributed by atoms with van der Waals surface area (Å²) in [4.78, 5) is 2.69. The number of nitrogens with zero attached hydrogens (tertiary/aromatic N) is 1. The summed E-state index contributed by atoms with van der Waals surface area (Å²) in [5, 5.41) is 0. The van der Waals surface area contributed by atoms with E-state index in [0.29, 0.717) is 16.9 Å². The topological polar surface area (TPSA) is 12.5 Å². The molecule has 3 saturated carbocycles. The molecule has 5 rings (SSSR count). The first-order valence-corrected chi connectivity index (χ1v) is 10.9. The van der Waals surface area contributed by atoms with Gasteiger partial charge in [-0.2, -0.15) is 0 Å². The molecule has 8 atom stereocenters. The molecule has 1 heterocycles. The lowest BCUT2D eigenvalue weighted by molar-refractivity contribution is -0.0514. The van der Waals surface area contributed by atoms with Gasteiger partial charge < -0.3 is 9.64 Å². The van der Waals surface area contributed by atoms with E-state index in [2.05, 4.69) is 31.9 Å². The Bertz CT molecular complexity index is 585. The molecule has 2 nitrogen and oxygen atoms in total. The fourth-order valence-corrected chi connectivity index (χ4v) is 8.63. The Morgan fingerprint density at radius 3 is 2.68 bits per heavy atom. The monoisotopic (exact) mass is 343 g/mol. The lowest BCUT2D eigenvalue weighted by Crippen LogP contribution is -2.51. The molecule has 0 aromatic rings. The molecule has 0 aromatic heterocycles. The molecule has 1 spiro atoms. The van der Waals surface area contributed by atoms with E-state index in [9.17, 15) is 0 Å². The first-order chi connectivity index (χ1) is 12.0. The van der Waals surface area contributed by atoms with Gasteiger partial charge >= 0.3 is 0 Å². The minimum absolute atomic E-state index is 0.478. The zero-order valence-corrected chi connectivity index (χ0v) is 16.8. The third kappa shape index (κ3) is 2.10. The molecule has 0 aromatic carbocycles. The zero-order valence-electron chi connectivity index (χ0n) is 16.8. The van der Waals surface area contributed by atoms with Crippen LogP contribution in [0.4, 0.5) is 0 Å². The van der Waals surface area contributed by atoms with Crippen LogP contribution in [0.1, 0.15) is 65.2 Å². The number of allylic oxidation sites excluding steroid dienone is 1. The van der Waals surface area contributed by atoms with Gasteiger partial charge in [-0.05, 0) is 99.8 Å². The molecule has 1 saturated heterocycles. The van der Waals surface area contributed by atoms with Gasteiger partial charge in [0, 0.05) is 19.7 Å². The quantitative estimate of drug-likeness (QED) is 0.628. The molecule has 0 unspecified atom stereocenters. The van der Waals surface area contributed by atoms with Crippen molar-refractivity contribution in [2.45, 2.75) is 77.4 Å². The summed E-state index contributed by atoms with van der Waals surface area (Å²) in [5.74, 6) is 3.88. The van der Waals surface area contributed by atoms with E-state index in [4.69, 9.17) is 4.74 Å². The van der Waals surface area contributed by atoms with E-state index in [0.717, 1.165) is 29.7 Å². The smallest absolute Gasteiger partial charge is 0.0608 e. The third-order valence-electron chi connectivity index (χ3n) is 10.00. The van der Waals surface area contributed by atoms with E-state index >= 15 is 0 Å². The minimum atomic E-state index is 0.478. The van der Waals surface area contributed by atoms with Crippen molar-refractivity contribution in [3.8, 4) is 0 Å². The van der Waals surface area contributed by atoms with Gasteiger partial charge in [0.05, 0.1) is 6.10 Å². The number of hydrogen-bond donors (Lipinski definition) is 0. The summed E-state index contributed by atoms with van der Waals surface area (Å²) in [7, 11) is 4.29. The van der Waals surface area contributed by atoms with Crippen molar-refractivity contribution in [3.05, 3.63) is 11.6 Å². The molecule has 0 amide bonds. The third-order valence-corrected chi connectivity index (χ3v) is 10.00. The van der Waals surface area contributed by atoms with Crippen LogP contribution in [0.3, 0.4) is 0 Å². The Morgan fingerprint density at radius 1 is 1.08 bits per heavy atom. The highest BCUT2D eigenvalue weighted by molar-refractivity contribution is 5.26. The first kappa shape index (κ1) is 16.8. The number of methoxy groups -OCH3 is 1. The molecule has 1 aliphatic heterocycles. The van der Waals surface area contributed by atoms with E-state index < -0.39 is 0 Å². The van der Waals surface area contributed by atoms with Gasteiger partial charge in [-0.1, -0.05) is 18.6 Å². The van der Waals surface area contributed by atoms with Crippen LogP contribution in [0.2, 0.25) is 0 Å². The van der Waals surface area contributed by atoms with Crippen molar-refractivity contribution < 1.29 is 4.74 Å². The predicted octanol–water partition coefficient (Wildman–Crippen LogP) is 4.89. The Balaban J connectivity index is 1.47. The summed E-state index contributed by atoms with van der Waals surface area (Å²) in [6, 6.07) is 0.809. The fraction of sp³-hybridized carbons (Fsp3) is 0.913. The largest absolute Gasteiger partial charge is 0.381 e. The average molecular weight is 344 g/mol. The molecule has 4 aliphatic carbocycles. The number of rotatable bonds is 1. The summed E-state index contributed by atoms with van der Waals surface area (Å²) >= 11 is 0. The first-order valence-electron chi connectivity index (χ1n) is 10.9. The van der Waals surface area contributed by atoms with Crippen molar-refractivity contribution in [2.75, 3.05) is 20.7 Å². The van der Waals surface area contributed by atoms with Crippen LogP contribution in [-0.4, -0.2) is 37.7 Å². The lowest BCUT2D eigenvalue weighted by atomic mass is 9.47. The Kier molecular flexibility index (Phi) is 3.75. The van der Waals surface area contributed by atoms with E-state index in [1.165, 1.54) is 57.9 Å². The van der Waals surface area contributed by atoms with Gasteiger partial charge in [-0.25, -0.2) is 0 Å². The summed E-state index contributed by atoms with van der Waals surface area (Å²) in [6.45, 7) is 6.50. The molecule has 25 heavy (non-hydrogen) atoms. The maximum atomic E-state index is 5.72. The second-order valence-electron chi connectivity index (χ2n) is 10.5. The van der Waals surface area contributed by atoms with Gasteiger partial charge in [-0.15, -0.1) is 0 Å². The predicted molar refractivity (Wildman–Crippen MR) is 102 cm³/mol. The van der Waals surface area contributed by atoms with Crippen molar-refractivity contribution in [1.29, 1.82) is 0 Å². The maximum Gasteiger partial charge on any atom is 0.0608 e. The average Bonchev–Trinajstić information content (AvgIpc) is 3.09. The Morgan fingerprint density at radius 2 is 1.88 bits per heavy atom. The highest BCUT2D eigenvalue weighted by Crippen LogP contribution is 2.68. The van der Waals surface area contributed by atoms with Crippen LogP contribution >= 0.6 is 0 Å². The molecule has 4 fully saturated rings. The highest BCUT2D eigenvalue weighted by Gasteiger charge is 2.63. The van der Waals surface area contributed by atoms with Crippen LogP contribution in [-0.2, 0) is 4.74 Å². The van der Waals surface area contributed by atoms with Gasteiger partial charge in [0.25, 0.3) is 0 Å². The van der Waals surface area contributed by atoms with E-state index in [-0.39, 0.29) is 0 Å². The fourth-order valence-electron chi connectivity index (χ4n) is 8.63. The van der Waals surface area contributed by atoms with Gasteiger partial charge in [0.2, 0.25) is 0 Å². The van der Waals surface area contributed by atoms with Gasteiger partial charge in [0.15, 0.2) is 0 Å². The van der Waals surface area contributed by atoms with Crippen LogP contribution in [0.15, 0.2) is 11.6 Å². The Labute approximate surface area is 154 Å². The normalized spacial score (nSPS) is 55.1. The SMILES string of the molecule is CO[C@H]1CC[C@@]2(C)C(=CC[C@H]3[C@@H]4CC[C@@H]5[C@H](C)N(C)C[C@@]54CC[C@@H]32)C1. The molecule has 140 valence electrons. The number of hydrogen-bond acceptors (Lipinski definition) is 2. The summed E-state index contributed by atoms with van der Waals surface area (Å²) in [6.07, 6.45) is 14.4. The summed E-state index contributed by atoms with van der Waals surface area (Å²) < 4.78 is 5.72. The van der Waals surface area contributed by atoms with Crippen molar-refractivity contribution in [1.82, 2.24) is 4.90 Å². The molecule has 2 heteroatoms. The van der Waals surface area contributed by atoms with E-state index in [1.54, 1.807) is 5.57 Å². The number of ether oxygens (including phenoxy) is 1. The molecule has 0 radical (unpaired) electrons. The molecule has 5 aliphatic rings. The zero-order chi connectivity index (χ0) is 17.4. The highest BCUT2D eigenvalue weighted by atomic mass is 16.5. The van der Waals surface area contributed by atoms with E-state index in [1.807, 2.05) is 7.11 Å². The maximum absolute atomic E-state index is 5.72. The van der Waals surface area contributed by atoms with Gasteiger partial charge in [0.1, 0.15) is 0 Å².